The summed E-state index contributed by atoms with van der Waals surface area (Å²) in [7, 11) is 0. The van der Waals surface area contributed by atoms with Gasteiger partial charge in [0.25, 0.3) is 0 Å². The molecule has 0 bridgehead atoms. The smallest absolute Gasteiger partial charge is 0.000771 e. The largest absolute Gasteiger partial charge is 0.316 e. The molecule has 72 valence electrons. The fourth-order valence-corrected chi connectivity index (χ4v) is 1.58. The summed E-state index contributed by atoms with van der Waals surface area (Å²) in [5.41, 5.74) is 0.719. The molecule has 1 saturated carbocycles. The van der Waals surface area contributed by atoms with Gasteiger partial charge in [-0.25, -0.2) is 0 Å². The van der Waals surface area contributed by atoms with Gasteiger partial charge in [0, 0.05) is 6.54 Å². The van der Waals surface area contributed by atoms with E-state index in [1.807, 2.05) is 0 Å². The highest BCUT2D eigenvalue weighted by Crippen LogP contribution is 2.47. The minimum atomic E-state index is 0.719. The van der Waals surface area contributed by atoms with Crippen LogP contribution in [0.2, 0.25) is 0 Å². The molecule has 0 spiro atoms. The van der Waals surface area contributed by atoms with Crippen molar-refractivity contribution in [2.75, 3.05) is 13.1 Å². The van der Waals surface area contributed by atoms with Crippen LogP contribution in [0.4, 0.5) is 0 Å². The van der Waals surface area contributed by atoms with E-state index in [-0.39, 0.29) is 0 Å². The van der Waals surface area contributed by atoms with E-state index >= 15 is 0 Å². The molecule has 1 heteroatoms. The van der Waals surface area contributed by atoms with Crippen molar-refractivity contribution in [2.45, 2.75) is 46.5 Å². The van der Waals surface area contributed by atoms with Crippen molar-refractivity contribution in [3.8, 4) is 0 Å². The second kappa shape index (κ2) is 4.27. The van der Waals surface area contributed by atoms with Crippen LogP contribution in [0.5, 0.6) is 0 Å². The Bertz CT molecular complexity index is 125. The van der Waals surface area contributed by atoms with E-state index in [0.29, 0.717) is 0 Å². The average Bonchev–Trinajstić information content (AvgIpc) is 2.79. The first-order chi connectivity index (χ1) is 5.68. The summed E-state index contributed by atoms with van der Waals surface area (Å²) in [6.45, 7) is 9.36. The number of rotatable bonds is 6. The maximum absolute atomic E-state index is 3.57. The number of hydrogen-bond acceptors (Lipinski definition) is 1. The Morgan fingerprint density at radius 1 is 1.33 bits per heavy atom. The van der Waals surface area contributed by atoms with Gasteiger partial charge in [-0.15, -0.1) is 0 Å². The molecule has 0 aliphatic heterocycles. The molecular formula is C11H23N. The Kier molecular flexibility index (Phi) is 3.57. The van der Waals surface area contributed by atoms with Gasteiger partial charge in [0.05, 0.1) is 0 Å². The van der Waals surface area contributed by atoms with Crippen molar-refractivity contribution < 1.29 is 0 Å². The molecule has 0 unspecified atom stereocenters. The number of nitrogens with one attached hydrogen (secondary N) is 1. The SMILES string of the molecule is CCC1(CNCCC(C)C)CC1. The van der Waals surface area contributed by atoms with E-state index in [9.17, 15) is 0 Å². The summed E-state index contributed by atoms with van der Waals surface area (Å²) < 4.78 is 0. The molecule has 0 amide bonds. The third kappa shape index (κ3) is 3.14. The summed E-state index contributed by atoms with van der Waals surface area (Å²) in [4.78, 5) is 0. The molecule has 1 aliphatic carbocycles. The fourth-order valence-electron chi connectivity index (χ4n) is 1.58. The molecule has 1 nitrogen and oxygen atoms in total. The molecule has 0 aromatic heterocycles. The van der Waals surface area contributed by atoms with Crippen molar-refractivity contribution in [3.05, 3.63) is 0 Å². The van der Waals surface area contributed by atoms with Crippen LogP contribution in [-0.2, 0) is 0 Å². The van der Waals surface area contributed by atoms with Crippen molar-refractivity contribution in [1.29, 1.82) is 0 Å². The van der Waals surface area contributed by atoms with Gasteiger partial charge >= 0.3 is 0 Å². The highest BCUT2D eigenvalue weighted by molar-refractivity contribution is 4.93. The van der Waals surface area contributed by atoms with Crippen LogP contribution < -0.4 is 5.32 Å². The van der Waals surface area contributed by atoms with Crippen LogP contribution in [0.3, 0.4) is 0 Å². The molecule has 0 saturated heterocycles. The zero-order valence-electron chi connectivity index (χ0n) is 8.82. The Labute approximate surface area is 76.9 Å². The average molecular weight is 169 g/mol. The third-order valence-electron chi connectivity index (χ3n) is 3.11. The summed E-state index contributed by atoms with van der Waals surface area (Å²) in [6, 6.07) is 0. The molecular weight excluding hydrogens is 146 g/mol. The van der Waals surface area contributed by atoms with Gasteiger partial charge in [-0.3, -0.25) is 0 Å². The first-order valence-electron chi connectivity index (χ1n) is 5.39. The van der Waals surface area contributed by atoms with E-state index in [1.54, 1.807) is 0 Å². The lowest BCUT2D eigenvalue weighted by Gasteiger charge is -2.13. The van der Waals surface area contributed by atoms with Gasteiger partial charge in [0.2, 0.25) is 0 Å². The van der Waals surface area contributed by atoms with Gasteiger partial charge in [0.15, 0.2) is 0 Å². The Balaban J connectivity index is 1.95. The lowest BCUT2D eigenvalue weighted by atomic mass is 10.0. The van der Waals surface area contributed by atoms with Crippen molar-refractivity contribution in [3.63, 3.8) is 0 Å². The van der Waals surface area contributed by atoms with Gasteiger partial charge < -0.3 is 5.32 Å². The Morgan fingerprint density at radius 2 is 2.00 bits per heavy atom. The topological polar surface area (TPSA) is 12.0 Å². The minimum Gasteiger partial charge on any atom is -0.316 e. The summed E-state index contributed by atoms with van der Waals surface area (Å²) >= 11 is 0. The van der Waals surface area contributed by atoms with Crippen LogP contribution in [0, 0.1) is 11.3 Å². The predicted molar refractivity (Wildman–Crippen MR) is 54.3 cm³/mol. The van der Waals surface area contributed by atoms with E-state index in [0.717, 1.165) is 11.3 Å². The van der Waals surface area contributed by atoms with Gasteiger partial charge in [-0.05, 0) is 43.6 Å². The molecule has 12 heavy (non-hydrogen) atoms. The van der Waals surface area contributed by atoms with E-state index in [1.165, 1.54) is 38.8 Å². The molecule has 0 aromatic rings. The molecule has 1 fully saturated rings. The maximum atomic E-state index is 3.57. The Morgan fingerprint density at radius 3 is 2.42 bits per heavy atom. The summed E-state index contributed by atoms with van der Waals surface area (Å²) in [6.07, 6.45) is 5.60. The molecule has 1 N–H and O–H groups in total. The van der Waals surface area contributed by atoms with Gasteiger partial charge in [-0.2, -0.15) is 0 Å². The normalized spacial score (nSPS) is 20.0. The fraction of sp³-hybridized carbons (Fsp3) is 1.00. The first-order valence-corrected chi connectivity index (χ1v) is 5.39. The Hall–Kier alpha value is -0.0400. The summed E-state index contributed by atoms with van der Waals surface area (Å²) in [5, 5.41) is 3.57. The quantitative estimate of drug-likeness (QED) is 0.603. The second-order valence-corrected chi connectivity index (χ2v) is 4.71. The molecule has 0 radical (unpaired) electrons. The van der Waals surface area contributed by atoms with E-state index in [4.69, 9.17) is 0 Å². The third-order valence-corrected chi connectivity index (χ3v) is 3.11. The minimum absolute atomic E-state index is 0.719. The zero-order valence-corrected chi connectivity index (χ0v) is 8.82. The molecule has 1 aliphatic rings. The lowest BCUT2D eigenvalue weighted by Crippen LogP contribution is -2.25. The lowest BCUT2D eigenvalue weighted by molar-refractivity contribution is 0.428. The predicted octanol–water partition coefficient (Wildman–Crippen LogP) is 2.81. The highest BCUT2D eigenvalue weighted by Gasteiger charge is 2.39. The van der Waals surface area contributed by atoms with Crippen LogP contribution in [0.1, 0.15) is 46.5 Å². The second-order valence-electron chi connectivity index (χ2n) is 4.71. The van der Waals surface area contributed by atoms with Crippen molar-refractivity contribution >= 4 is 0 Å². The highest BCUT2D eigenvalue weighted by atomic mass is 14.9. The maximum Gasteiger partial charge on any atom is 0.000771 e. The van der Waals surface area contributed by atoms with Gasteiger partial charge in [0.1, 0.15) is 0 Å². The van der Waals surface area contributed by atoms with E-state index < -0.39 is 0 Å². The molecule has 0 heterocycles. The monoisotopic (exact) mass is 169 g/mol. The molecule has 1 rings (SSSR count). The first kappa shape index (κ1) is 10.0. The van der Waals surface area contributed by atoms with Gasteiger partial charge in [-0.1, -0.05) is 20.8 Å². The van der Waals surface area contributed by atoms with Crippen LogP contribution in [0.25, 0.3) is 0 Å². The molecule has 0 aromatic carbocycles. The zero-order chi connectivity index (χ0) is 9.03. The number of hydrogen-bond donors (Lipinski definition) is 1. The van der Waals surface area contributed by atoms with E-state index in [2.05, 4.69) is 26.1 Å². The molecule has 0 atom stereocenters. The van der Waals surface area contributed by atoms with Crippen molar-refractivity contribution in [2.24, 2.45) is 11.3 Å². The van der Waals surface area contributed by atoms with Crippen LogP contribution in [-0.4, -0.2) is 13.1 Å². The van der Waals surface area contributed by atoms with Crippen LogP contribution in [0.15, 0.2) is 0 Å². The van der Waals surface area contributed by atoms with Crippen molar-refractivity contribution in [1.82, 2.24) is 5.32 Å². The summed E-state index contributed by atoms with van der Waals surface area (Å²) in [5.74, 6) is 0.842. The van der Waals surface area contributed by atoms with Crippen LogP contribution >= 0.6 is 0 Å². The standard InChI is InChI=1S/C11H23N/c1-4-11(6-7-11)9-12-8-5-10(2)3/h10,12H,4-9H2,1-3H3.